The summed E-state index contributed by atoms with van der Waals surface area (Å²) in [5.74, 6) is 0.788. The fourth-order valence-corrected chi connectivity index (χ4v) is 4.55. The number of imidazole rings is 1. The Morgan fingerprint density at radius 1 is 1.07 bits per heavy atom. The van der Waals surface area contributed by atoms with E-state index >= 15 is 0 Å². The molecule has 0 spiro atoms. The molecule has 0 aliphatic heterocycles. The minimum atomic E-state index is -0.224. The van der Waals surface area contributed by atoms with Gasteiger partial charge in [0, 0.05) is 43.5 Å². The van der Waals surface area contributed by atoms with E-state index in [0.29, 0.717) is 6.42 Å². The second-order valence-corrected chi connectivity index (χ2v) is 8.17. The van der Waals surface area contributed by atoms with Gasteiger partial charge in [0.1, 0.15) is 11.5 Å². The predicted octanol–water partition coefficient (Wildman–Crippen LogP) is 3.96. The molecule has 0 aromatic carbocycles. The Kier molecular flexibility index (Phi) is 4.58. The predicted molar refractivity (Wildman–Crippen MR) is 112 cm³/mol. The lowest BCUT2D eigenvalue weighted by atomic mass is 9.87. The number of aryl methyl sites for hydroxylation is 1. The molecule has 152 valence electrons. The first-order chi connectivity index (χ1) is 14.7. The summed E-state index contributed by atoms with van der Waals surface area (Å²) in [5.41, 5.74) is 3.30. The van der Waals surface area contributed by atoms with Crippen LogP contribution in [0.2, 0.25) is 0 Å². The van der Waals surface area contributed by atoms with Gasteiger partial charge in [-0.2, -0.15) is 15.5 Å². The summed E-state index contributed by atoms with van der Waals surface area (Å²) in [6, 6.07) is 4.38. The second-order valence-electron chi connectivity index (χ2n) is 8.17. The SMILES string of the molecule is Cn1cc(-c2cc3nccn3c(-c3cnn(C4(CC#N)CCCCCC4)c3)n2)cn1. The molecule has 0 radical (unpaired) electrons. The maximum Gasteiger partial charge on any atom is 0.149 e. The van der Waals surface area contributed by atoms with Crippen molar-refractivity contribution >= 4 is 5.65 Å². The van der Waals surface area contributed by atoms with Gasteiger partial charge in [-0.05, 0) is 12.8 Å². The van der Waals surface area contributed by atoms with Gasteiger partial charge < -0.3 is 0 Å². The molecule has 4 heterocycles. The van der Waals surface area contributed by atoms with Crippen molar-refractivity contribution in [1.82, 2.24) is 33.9 Å². The summed E-state index contributed by atoms with van der Waals surface area (Å²) in [6.07, 6.45) is 18.6. The van der Waals surface area contributed by atoms with Crippen molar-refractivity contribution in [3.63, 3.8) is 0 Å². The van der Waals surface area contributed by atoms with Crippen molar-refractivity contribution in [3.05, 3.63) is 43.2 Å². The van der Waals surface area contributed by atoms with Crippen LogP contribution in [0.5, 0.6) is 0 Å². The van der Waals surface area contributed by atoms with E-state index in [1.165, 1.54) is 12.8 Å². The molecule has 0 N–H and O–H groups in total. The molecular formula is C22H24N8. The van der Waals surface area contributed by atoms with Crippen LogP contribution in [-0.2, 0) is 12.6 Å². The summed E-state index contributed by atoms with van der Waals surface area (Å²) >= 11 is 0. The third-order valence-electron chi connectivity index (χ3n) is 6.16. The Bertz CT molecular complexity index is 1210. The third-order valence-corrected chi connectivity index (χ3v) is 6.16. The molecule has 1 aliphatic carbocycles. The molecule has 30 heavy (non-hydrogen) atoms. The first-order valence-electron chi connectivity index (χ1n) is 10.4. The van der Waals surface area contributed by atoms with E-state index in [2.05, 4.69) is 22.3 Å². The molecule has 1 fully saturated rings. The molecule has 1 saturated carbocycles. The van der Waals surface area contributed by atoms with E-state index < -0.39 is 0 Å². The summed E-state index contributed by atoms with van der Waals surface area (Å²) in [5, 5.41) is 18.5. The monoisotopic (exact) mass is 400 g/mol. The molecule has 0 amide bonds. The molecule has 0 bridgehead atoms. The quantitative estimate of drug-likeness (QED) is 0.484. The van der Waals surface area contributed by atoms with Gasteiger partial charge in [-0.1, -0.05) is 25.7 Å². The van der Waals surface area contributed by atoms with Gasteiger partial charge in [-0.15, -0.1) is 0 Å². The van der Waals surface area contributed by atoms with Crippen LogP contribution >= 0.6 is 0 Å². The molecule has 8 nitrogen and oxygen atoms in total. The maximum absolute atomic E-state index is 9.51. The highest BCUT2D eigenvalue weighted by molar-refractivity contribution is 5.68. The molecule has 0 saturated heterocycles. The fraction of sp³-hybridized carbons (Fsp3) is 0.409. The number of nitriles is 1. The second kappa shape index (κ2) is 7.41. The van der Waals surface area contributed by atoms with Gasteiger partial charge in [-0.25, -0.2) is 9.97 Å². The van der Waals surface area contributed by atoms with Crippen LogP contribution in [0.15, 0.2) is 43.2 Å². The molecule has 5 rings (SSSR count). The average molecular weight is 400 g/mol. The number of hydrogen-bond acceptors (Lipinski definition) is 5. The van der Waals surface area contributed by atoms with Crippen molar-refractivity contribution in [2.45, 2.75) is 50.5 Å². The van der Waals surface area contributed by atoms with Gasteiger partial charge in [0.25, 0.3) is 0 Å². The van der Waals surface area contributed by atoms with Crippen LogP contribution in [0.1, 0.15) is 44.9 Å². The third kappa shape index (κ3) is 3.16. The lowest BCUT2D eigenvalue weighted by Gasteiger charge is -2.31. The van der Waals surface area contributed by atoms with Crippen molar-refractivity contribution in [2.24, 2.45) is 7.05 Å². The molecular weight excluding hydrogens is 376 g/mol. The average Bonchev–Trinajstić information content (AvgIpc) is 3.47. The van der Waals surface area contributed by atoms with Crippen LogP contribution < -0.4 is 0 Å². The zero-order valence-electron chi connectivity index (χ0n) is 17.1. The Morgan fingerprint density at radius 2 is 1.87 bits per heavy atom. The van der Waals surface area contributed by atoms with Crippen molar-refractivity contribution in [1.29, 1.82) is 5.26 Å². The number of rotatable bonds is 4. The molecule has 4 aromatic heterocycles. The van der Waals surface area contributed by atoms with E-state index in [1.807, 2.05) is 47.0 Å². The van der Waals surface area contributed by atoms with Gasteiger partial charge in [-0.3, -0.25) is 13.8 Å². The van der Waals surface area contributed by atoms with Gasteiger partial charge in [0.05, 0.1) is 41.7 Å². The zero-order chi connectivity index (χ0) is 20.6. The Labute approximate surface area is 174 Å². The van der Waals surface area contributed by atoms with E-state index in [0.717, 1.165) is 54.0 Å². The summed E-state index contributed by atoms with van der Waals surface area (Å²) in [6.45, 7) is 0. The van der Waals surface area contributed by atoms with Gasteiger partial charge >= 0.3 is 0 Å². The van der Waals surface area contributed by atoms with Crippen LogP contribution in [0.25, 0.3) is 28.3 Å². The van der Waals surface area contributed by atoms with E-state index in [-0.39, 0.29) is 5.54 Å². The molecule has 0 unspecified atom stereocenters. The number of nitrogens with zero attached hydrogens (tertiary/aromatic N) is 8. The van der Waals surface area contributed by atoms with Gasteiger partial charge in [0.15, 0.2) is 0 Å². The summed E-state index contributed by atoms with van der Waals surface area (Å²) in [4.78, 5) is 9.40. The van der Waals surface area contributed by atoms with Crippen LogP contribution in [-0.4, -0.2) is 33.9 Å². The van der Waals surface area contributed by atoms with Gasteiger partial charge in [0.2, 0.25) is 0 Å². The Hall–Kier alpha value is -3.47. The maximum atomic E-state index is 9.51. The zero-order valence-corrected chi connectivity index (χ0v) is 17.1. The van der Waals surface area contributed by atoms with Crippen molar-refractivity contribution < 1.29 is 0 Å². The smallest absolute Gasteiger partial charge is 0.149 e. The lowest BCUT2D eigenvalue weighted by molar-refractivity contribution is 0.224. The Morgan fingerprint density at radius 3 is 2.60 bits per heavy atom. The van der Waals surface area contributed by atoms with E-state index in [1.54, 1.807) is 10.9 Å². The summed E-state index contributed by atoms with van der Waals surface area (Å²) in [7, 11) is 1.89. The minimum absolute atomic E-state index is 0.224. The highest BCUT2D eigenvalue weighted by Crippen LogP contribution is 2.37. The first-order valence-corrected chi connectivity index (χ1v) is 10.4. The first kappa shape index (κ1) is 18.6. The highest BCUT2D eigenvalue weighted by atomic mass is 15.3. The molecule has 1 aliphatic rings. The summed E-state index contributed by atoms with van der Waals surface area (Å²) < 4.78 is 5.77. The number of aromatic nitrogens is 7. The topological polar surface area (TPSA) is 89.6 Å². The van der Waals surface area contributed by atoms with E-state index in [9.17, 15) is 5.26 Å². The minimum Gasteiger partial charge on any atom is -0.284 e. The standard InChI is InChI=1S/C22H24N8/c1-28-15-17(13-25-28)19-12-20-24-10-11-29(20)21(27-19)18-14-26-30(16-18)22(8-9-23)6-4-2-3-5-7-22/h10-16H,2-8H2,1H3. The van der Waals surface area contributed by atoms with Crippen molar-refractivity contribution in [2.75, 3.05) is 0 Å². The fourth-order valence-electron chi connectivity index (χ4n) is 4.55. The lowest BCUT2D eigenvalue weighted by Crippen LogP contribution is -2.33. The van der Waals surface area contributed by atoms with Crippen molar-refractivity contribution in [3.8, 4) is 28.7 Å². The van der Waals surface area contributed by atoms with Crippen LogP contribution in [0.3, 0.4) is 0 Å². The van der Waals surface area contributed by atoms with E-state index in [4.69, 9.17) is 10.1 Å². The molecule has 0 atom stereocenters. The van der Waals surface area contributed by atoms with Crippen LogP contribution in [0.4, 0.5) is 0 Å². The Balaban J connectivity index is 1.60. The molecule has 8 heteroatoms. The van der Waals surface area contributed by atoms with Crippen LogP contribution in [0, 0.1) is 11.3 Å². The highest BCUT2D eigenvalue weighted by Gasteiger charge is 2.34. The normalized spacial score (nSPS) is 16.4. The largest absolute Gasteiger partial charge is 0.284 e. The molecule has 4 aromatic rings. The number of fused-ring (bicyclic) bond motifs is 1. The number of hydrogen-bond donors (Lipinski definition) is 0.